The summed E-state index contributed by atoms with van der Waals surface area (Å²) in [6.45, 7) is 2.62. The maximum Gasteiger partial charge on any atom is 0.162 e. The Labute approximate surface area is 169 Å². The fraction of sp³-hybridized carbons (Fsp3) is 0.167. The van der Waals surface area contributed by atoms with Crippen LogP contribution >= 0.6 is 0 Å². The molecule has 29 heavy (non-hydrogen) atoms. The van der Waals surface area contributed by atoms with E-state index in [4.69, 9.17) is 14.7 Å². The van der Waals surface area contributed by atoms with Crippen LogP contribution in [0.3, 0.4) is 0 Å². The van der Waals surface area contributed by atoms with Crippen molar-refractivity contribution >= 4 is 16.7 Å². The minimum Gasteiger partial charge on any atom is -0.497 e. The van der Waals surface area contributed by atoms with Crippen molar-refractivity contribution in [1.82, 2.24) is 9.97 Å². The lowest BCUT2D eigenvalue weighted by molar-refractivity contribution is 0.415. The van der Waals surface area contributed by atoms with Crippen molar-refractivity contribution in [2.24, 2.45) is 0 Å². The Hall–Kier alpha value is -3.47. The van der Waals surface area contributed by atoms with E-state index in [1.807, 2.05) is 61.5 Å². The molecule has 0 amide bonds. The third-order valence-corrected chi connectivity index (χ3v) is 4.92. The van der Waals surface area contributed by atoms with Crippen LogP contribution in [-0.2, 0) is 6.42 Å². The quantitative estimate of drug-likeness (QED) is 0.481. The Morgan fingerprint density at radius 2 is 1.83 bits per heavy atom. The Balaban J connectivity index is 1.63. The number of ether oxygens (including phenoxy) is 1. The van der Waals surface area contributed by atoms with Gasteiger partial charge in [-0.2, -0.15) is 0 Å². The molecule has 4 rings (SSSR count). The minimum atomic E-state index is -0.205. The number of halogens is 1. The summed E-state index contributed by atoms with van der Waals surface area (Å²) in [6, 6.07) is 20.6. The monoisotopic (exact) mass is 387 g/mol. The lowest BCUT2D eigenvalue weighted by Gasteiger charge is -2.12. The van der Waals surface area contributed by atoms with Crippen molar-refractivity contribution in [3.8, 4) is 17.1 Å². The third kappa shape index (κ3) is 4.19. The summed E-state index contributed by atoms with van der Waals surface area (Å²) >= 11 is 0. The van der Waals surface area contributed by atoms with Crippen LogP contribution in [0.4, 0.5) is 10.2 Å². The average molecular weight is 387 g/mol. The number of rotatable bonds is 6. The van der Waals surface area contributed by atoms with E-state index in [2.05, 4.69) is 5.32 Å². The van der Waals surface area contributed by atoms with Gasteiger partial charge >= 0.3 is 0 Å². The van der Waals surface area contributed by atoms with E-state index in [9.17, 15) is 4.39 Å². The van der Waals surface area contributed by atoms with Crippen LogP contribution in [-0.4, -0.2) is 23.6 Å². The molecule has 0 radical (unpaired) electrons. The Kier molecular flexibility index (Phi) is 5.38. The SMILES string of the molecule is COc1cccc(-c2nc(NCCc3ccc(F)cc3C)c3ccccc3n2)c1. The van der Waals surface area contributed by atoms with Crippen LogP contribution in [0.1, 0.15) is 11.1 Å². The molecular weight excluding hydrogens is 365 g/mol. The largest absolute Gasteiger partial charge is 0.497 e. The summed E-state index contributed by atoms with van der Waals surface area (Å²) in [5, 5.41) is 4.41. The first-order valence-electron chi connectivity index (χ1n) is 9.54. The molecule has 0 aliphatic rings. The summed E-state index contributed by atoms with van der Waals surface area (Å²) in [7, 11) is 1.64. The maximum absolute atomic E-state index is 13.3. The average Bonchev–Trinajstić information content (AvgIpc) is 2.75. The molecule has 0 fully saturated rings. The molecule has 1 heterocycles. The number of benzene rings is 3. The van der Waals surface area contributed by atoms with Crippen molar-refractivity contribution < 1.29 is 9.13 Å². The number of aromatic nitrogens is 2. The van der Waals surface area contributed by atoms with Gasteiger partial charge in [0.1, 0.15) is 17.4 Å². The highest BCUT2D eigenvalue weighted by molar-refractivity contribution is 5.90. The first-order chi connectivity index (χ1) is 14.1. The van der Waals surface area contributed by atoms with Crippen molar-refractivity contribution in [2.75, 3.05) is 19.0 Å². The summed E-state index contributed by atoms with van der Waals surface area (Å²) in [6.07, 6.45) is 0.777. The van der Waals surface area contributed by atoms with Gasteiger partial charge < -0.3 is 10.1 Å². The van der Waals surface area contributed by atoms with Gasteiger partial charge in [0.15, 0.2) is 5.82 Å². The topological polar surface area (TPSA) is 47.0 Å². The van der Waals surface area contributed by atoms with Gasteiger partial charge in [0.25, 0.3) is 0 Å². The van der Waals surface area contributed by atoms with Gasteiger partial charge in [-0.15, -0.1) is 0 Å². The van der Waals surface area contributed by atoms with Gasteiger partial charge in [-0.3, -0.25) is 0 Å². The number of hydrogen-bond acceptors (Lipinski definition) is 4. The van der Waals surface area contributed by atoms with Crippen LogP contribution in [0.25, 0.3) is 22.3 Å². The number of aryl methyl sites for hydroxylation is 1. The summed E-state index contributed by atoms with van der Waals surface area (Å²) in [5.74, 6) is 1.99. The summed E-state index contributed by atoms with van der Waals surface area (Å²) in [5.41, 5.74) is 3.84. The van der Waals surface area contributed by atoms with Crippen LogP contribution in [0.2, 0.25) is 0 Å². The molecular formula is C24H22FN3O. The smallest absolute Gasteiger partial charge is 0.162 e. The van der Waals surface area contributed by atoms with Crippen LogP contribution in [0.15, 0.2) is 66.7 Å². The molecule has 0 saturated heterocycles. The third-order valence-electron chi connectivity index (χ3n) is 4.92. The first-order valence-corrected chi connectivity index (χ1v) is 9.54. The number of hydrogen-bond donors (Lipinski definition) is 1. The van der Waals surface area contributed by atoms with Gasteiger partial charge in [0.2, 0.25) is 0 Å². The van der Waals surface area contributed by atoms with Gasteiger partial charge in [0.05, 0.1) is 12.6 Å². The van der Waals surface area contributed by atoms with E-state index in [0.717, 1.165) is 45.6 Å². The predicted octanol–water partition coefficient (Wildman–Crippen LogP) is 5.41. The van der Waals surface area contributed by atoms with Crippen LogP contribution in [0.5, 0.6) is 5.75 Å². The normalized spacial score (nSPS) is 10.9. The second kappa shape index (κ2) is 8.27. The lowest BCUT2D eigenvalue weighted by atomic mass is 10.1. The molecule has 4 aromatic rings. The molecule has 0 aliphatic heterocycles. The Morgan fingerprint density at radius 3 is 2.66 bits per heavy atom. The van der Waals surface area contributed by atoms with E-state index in [0.29, 0.717) is 12.4 Å². The fourth-order valence-corrected chi connectivity index (χ4v) is 3.36. The van der Waals surface area contributed by atoms with E-state index < -0.39 is 0 Å². The van der Waals surface area contributed by atoms with Crippen molar-refractivity contribution in [1.29, 1.82) is 0 Å². The molecule has 5 heteroatoms. The molecule has 0 unspecified atom stereocenters. The minimum absolute atomic E-state index is 0.205. The molecule has 0 aliphatic carbocycles. The molecule has 0 atom stereocenters. The summed E-state index contributed by atoms with van der Waals surface area (Å²) < 4.78 is 18.7. The van der Waals surface area contributed by atoms with Crippen LogP contribution < -0.4 is 10.1 Å². The molecule has 0 saturated carbocycles. The van der Waals surface area contributed by atoms with E-state index in [-0.39, 0.29) is 5.82 Å². The number of fused-ring (bicyclic) bond motifs is 1. The number of nitrogens with one attached hydrogen (secondary N) is 1. The molecule has 3 aromatic carbocycles. The summed E-state index contributed by atoms with van der Waals surface area (Å²) in [4.78, 5) is 9.50. The predicted molar refractivity (Wildman–Crippen MR) is 115 cm³/mol. The van der Waals surface area contributed by atoms with E-state index in [1.165, 1.54) is 6.07 Å². The molecule has 0 spiro atoms. The van der Waals surface area contributed by atoms with Gasteiger partial charge in [-0.1, -0.05) is 30.3 Å². The number of anilines is 1. The van der Waals surface area contributed by atoms with Gasteiger partial charge in [0, 0.05) is 17.5 Å². The zero-order valence-electron chi connectivity index (χ0n) is 16.4. The highest BCUT2D eigenvalue weighted by Crippen LogP contribution is 2.27. The zero-order chi connectivity index (χ0) is 20.2. The highest BCUT2D eigenvalue weighted by Gasteiger charge is 2.10. The fourth-order valence-electron chi connectivity index (χ4n) is 3.36. The molecule has 146 valence electrons. The van der Waals surface area contributed by atoms with E-state index >= 15 is 0 Å². The number of para-hydroxylation sites is 1. The lowest BCUT2D eigenvalue weighted by Crippen LogP contribution is -2.09. The van der Waals surface area contributed by atoms with Crippen molar-refractivity contribution in [3.05, 3.63) is 83.7 Å². The van der Waals surface area contributed by atoms with E-state index in [1.54, 1.807) is 13.2 Å². The highest BCUT2D eigenvalue weighted by atomic mass is 19.1. The van der Waals surface area contributed by atoms with Crippen molar-refractivity contribution in [2.45, 2.75) is 13.3 Å². The maximum atomic E-state index is 13.3. The van der Waals surface area contributed by atoms with Crippen LogP contribution in [0, 0.1) is 12.7 Å². The first kappa shape index (κ1) is 18.9. The molecule has 0 bridgehead atoms. The second-order valence-electron chi connectivity index (χ2n) is 6.89. The molecule has 4 nitrogen and oxygen atoms in total. The zero-order valence-corrected chi connectivity index (χ0v) is 16.4. The van der Waals surface area contributed by atoms with Gasteiger partial charge in [-0.05, 0) is 60.9 Å². The Bertz CT molecular complexity index is 1160. The molecule has 1 aromatic heterocycles. The molecule has 1 N–H and O–H groups in total. The standard InChI is InChI=1S/C24H22FN3O/c1-16-14-19(25)11-10-17(16)12-13-26-24-21-8-3-4-9-22(21)27-23(28-24)18-6-5-7-20(15-18)29-2/h3-11,14-15H,12-13H2,1-2H3,(H,26,27,28). The Morgan fingerprint density at radius 1 is 0.966 bits per heavy atom. The van der Waals surface area contributed by atoms with Gasteiger partial charge in [-0.25, -0.2) is 14.4 Å². The number of nitrogens with zero attached hydrogens (tertiary/aromatic N) is 2. The second-order valence-corrected chi connectivity index (χ2v) is 6.89. The van der Waals surface area contributed by atoms with Crippen molar-refractivity contribution in [3.63, 3.8) is 0 Å². The number of methoxy groups -OCH3 is 1.